The van der Waals surface area contributed by atoms with Gasteiger partial charge in [-0.15, -0.1) is 0 Å². The molecule has 144 valence electrons. The highest BCUT2D eigenvalue weighted by atomic mass is 16.5. The number of hydrogen-bond donors (Lipinski definition) is 1. The zero-order valence-corrected chi connectivity index (χ0v) is 16.8. The Morgan fingerprint density at radius 2 is 2.00 bits per heavy atom. The highest BCUT2D eigenvalue weighted by molar-refractivity contribution is 5.86. The van der Waals surface area contributed by atoms with Gasteiger partial charge in [-0.3, -0.25) is 9.78 Å². The number of likely N-dealkylation sites (N-methyl/N-ethyl adjacent to an activating group) is 1. The number of aromatic nitrogens is 1. The molecule has 3 rings (SSSR count). The topological polar surface area (TPSA) is 62.7 Å². The van der Waals surface area contributed by atoms with Crippen LogP contribution in [0.4, 0.5) is 0 Å². The molecular weight excluding hydrogens is 340 g/mol. The SMILES string of the molecule is CCN(Cc1ccccn1)C(=O)[C@]1(C)CCc2c(C)c(O)c(C)c(C)c2O1. The number of carbonyl (C=O) groups excluding carboxylic acids is 1. The Morgan fingerprint density at radius 1 is 1.26 bits per heavy atom. The van der Waals surface area contributed by atoms with E-state index in [2.05, 4.69) is 4.98 Å². The van der Waals surface area contributed by atoms with Gasteiger partial charge in [0.25, 0.3) is 5.91 Å². The lowest BCUT2D eigenvalue weighted by Crippen LogP contribution is -2.52. The molecule has 27 heavy (non-hydrogen) atoms. The lowest BCUT2D eigenvalue weighted by molar-refractivity contribution is -0.148. The molecule has 1 amide bonds. The van der Waals surface area contributed by atoms with Crippen molar-refractivity contribution in [2.45, 2.75) is 59.6 Å². The molecule has 1 aliphatic rings. The van der Waals surface area contributed by atoms with Crippen LogP contribution >= 0.6 is 0 Å². The van der Waals surface area contributed by atoms with Gasteiger partial charge in [-0.2, -0.15) is 0 Å². The Bertz CT molecular complexity index is 864. The quantitative estimate of drug-likeness (QED) is 0.890. The van der Waals surface area contributed by atoms with E-state index in [1.165, 1.54) is 0 Å². The molecule has 2 aromatic rings. The number of phenolic OH excluding ortho intramolecular Hbond substituents is 1. The van der Waals surface area contributed by atoms with E-state index >= 15 is 0 Å². The number of pyridine rings is 1. The Kier molecular flexibility index (Phi) is 5.13. The van der Waals surface area contributed by atoms with Crippen LogP contribution in [-0.2, 0) is 17.8 Å². The van der Waals surface area contributed by atoms with E-state index < -0.39 is 5.60 Å². The van der Waals surface area contributed by atoms with Crippen molar-refractivity contribution in [3.8, 4) is 11.5 Å². The van der Waals surface area contributed by atoms with Crippen LogP contribution < -0.4 is 4.74 Å². The van der Waals surface area contributed by atoms with Crippen LogP contribution in [0.25, 0.3) is 0 Å². The average Bonchev–Trinajstić information content (AvgIpc) is 2.69. The molecule has 0 saturated carbocycles. The zero-order chi connectivity index (χ0) is 19.8. The van der Waals surface area contributed by atoms with Gasteiger partial charge < -0.3 is 14.7 Å². The number of fused-ring (bicyclic) bond motifs is 1. The second kappa shape index (κ2) is 7.22. The number of phenols is 1. The number of amides is 1. The first-order valence-electron chi connectivity index (χ1n) is 9.48. The summed E-state index contributed by atoms with van der Waals surface area (Å²) >= 11 is 0. The number of rotatable bonds is 4. The van der Waals surface area contributed by atoms with Crippen LogP contribution in [0.15, 0.2) is 24.4 Å². The van der Waals surface area contributed by atoms with Gasteiger partial charge >= 0.3 is 0 Å². The molecule has 0 aliphatic carbocycles. The number of hydrogen-bond acceptors (Lipinski definition) is 4. The molecule has 0 radical (unpaired) electrons. The van der Waals surface area contributed by atoms with Crippen LogP contribution in [0, 0.1) is 20.8 Å². The van der Waals surface area contributed by atoms with Gasteiger partial charge in [0.2, 0.25) is 0 Å². The summed E-state index contributed by atoms with van der Waals surface area (Å²) in [5, 5.41) is 10.3. The van der Waals surface area contributed by atoms with Crippen molar-refractivity contribution in [2.24, 2.45) is 0 Å². The highest BCUT2D eigenvalue weighted by Crippen LogP contribution is 2.43. The number of nitrogens with zero attached hydrogens (tertiary/aromatic N) is 2. The average molecular weight is 368 g/mol. The number of ether oxygens (including phenoxy) is 1. The standard InChI is InChI=1S/C22H28N2O3/c1-6-24(13-17-9-7-8-12-23-17)21(26)22(5)11-10-18-16(4)19(25)14(2)15(3)20(18)27-22/h7-9,12,25H,6,10-11,13H2,1-5H3/t22-/m0/s1. The second-order valence-corrected chi connectivity index (χ2v) is 7.50. The van der Waals surface area contributed by atoms with Crippen molar-refractivity contribution in [3.63, 3.8) is 0 Å². The van der Waals surface area contributed by atoms with Crippen LogP contribution in [-0.4, -0.2) is 33.0 Å². The van der Waals surface area contributed by atoms with Gasteiger partial charge in [-0.25, -0.2) is 0 Å². The maximum absolute atomic E-state index is 13.3. The first-order valence-corrected chi connectivity index (χ1v) is 9.48. The van der Waals surface area contributed by atoms with E-state index in [0.29, 0.717) is 31.7 Å². The first kappa shape index (κ1) is 19.2. The predicted octanol–water partition coefficient (Wildman–Crippen LogP) is 3.84. The first-order chi connectivity index (χ1) is 12.8. The Labute approximate surface area is 161 Å². The number of carbonyl (C=O) groups is 1. The summed E-state index contributed by atoms with van der Waals surface area (Å²) in [6, 6.07) is 5.72. The van der Waals surface area contributed by atoms with Crippen molar-refractivity contribution >= 4 is 5.91 Å². The fourth-order valence-corrected chi connectivity index (χ4v) is 3.75. The lowest BCUT2D eigenvalue weighted by atomic mass is 9.86. The third-order valence-electron chi connectivity index (χ3n) is 5.72. The largest absolute Gasteiger partial charge is 0.507 e. The second-order valence-electron chi connectivity index (χ2n) is 7.50. The lowest BCUT2D eigenvalue weighted by Gasteiger charge is -2.39. The van der Waals surface area contributed by atoms with Crippen molar-refractivity contribution in [1.82, 2.24) is 9.88 Å². The number of aromatic hydroxyl groups is 1. The molecule has 5 nitrogen and oxygen atoms in total. The number of benzene rings is 1. The minimum Gasteiger partial charge on any atom is -0.507 e. The van der Waals surface area contributed by atoms with Crippen LogP contribution in [0.1, 0.15) is 48.2 Å². The van der Waals surface area contributed by atoms with E-state index in [-0.39, 0.29) is 5.91 Å². The molecule has 0 saturated heterocycles. The molecule has 2 heterocycles. The van der Waals surface area contributed by atoms with Crippen LogP contribution in [0.3, 0.4) is 0 Å². The minimum absolute atomic E-state index is 0.0240. The molecule has 0 fully saturated rings. The molecule has 0 unspecified atom stereocenters. The Balaban J connectivity index is 1.90. The van der Waals surface area contributed by atoms with E-state index in [4.69, 9.17) is 4.74 Å². The molecule has 0 spiro atoms. The summed E-state index contributed by atoms with van der Waals surface area (Å²) in [5.41, 5.74) is 3.51. The van der Waals surface area contributed by atoms with Gasteiger partial charge in [0.15, 0.2) is 5.60 Å². The normalized spacial score (nSPS) is 18.6. The summed E-state index contributed by atoms with van der Waals surface area (Å²) in [7, 11) is 0. The third kappa shape index (κ3) is 3.38. The summed E-state index contributed by atoms with van der Waals surface area (Å²) in [6.07, 6.45) is 3.03. The van der Waals surface area contributed by atoms with Gasteiger partial charge in [0.05, 0.1) is 12.2 Å². The molecule has 1 atom stereocenters. The van der Waals surface area contributed by atoms with Gasteiger partial charge in [0.1, 0.15) is 11.5 Å². The van der Waals surface area contributed by atoms with E-state index in [0.717, 1.165) is 33.7 Å². The summed E-state index contributed by atoms with van der Waals surface area (Å²) in [4.78, 5) is 19.5. The predicted molar refractivity (Wildman–Crippen MR) is 105 cm³/mol. The van der Waals surface area contributed by atoms with Gasteiger partial charge in [0, 0.05) is 24.7 Å². The van der Waals surface area contributed by atoms with Crippen LogP contribution in [0.2, 0.25) is 0 Å². The van der Waals surface area contributed by atoms with E-state index in [9.17, 15) is 9.90 Å². The minimum atomic E-state index is -0.918. The van der Waals surface area contributed by atoms with Crippen molar-refractivity contribution < 1.29 is 14.6 Å². The summed E-state index contributed by atoms with van der Waals surface area (Å²) in [5.74, 6) is 1.05. The Hall–Kier alpha value is -2.56. The molecule has 1 aliphatic heterocycles. The summed E-state index contributed by atoms with van der Waals surface area (Å²) in [6.45, 7) is 10.6. The fourth-order valence-electron chi connectivity index (χ4n) is 3.75. The Morgan fingerprint density at radius 3 is 2.63 bits per heavy atom. The zero-order valence-electron chi connectivity index (χ0n) is 16.8. The molecule has 1 aromatic heterocycles. The monoisotopic (exact) mass is 368 g/mol. The van der Waals surface area contributed by atoms with E-state index in [1.54, 1.807) is 11.1 Å². The third-order valence-corrected chi connectivity index (χ3v) is 5.72. The highest BCUT2D eigenvalue weighted by Gasteiger charge is 2.42. The van der Waals surface area contributed by atoms with Crippen molar-refractivity contribution in [2.75, 3.05) is 6.54 Å². The maximum Gasteiger partial charge on any atom is 0.266 e. The van der Waals surface area contributed by atoms with Crippen molar-refractivity contribution in [1.29, 1.82) is 0 Å². The molecular formula is C22H28N2O3. The fraction of sp³-hybridized carbons (Fsp3) is 0.455. The van der Waals surface area contributed by atoms with Crippen LogP contribution in [0.5, 0.6) is 11.5 Å². The molecule has 1 aromatic carbocycles. The smallest absolute Gasteiger partial charge is 0.266 e. The molecule has 0 bridgehead atoms. The maximum atomic E-state index is 13.3. The summed E-state index contributed by atoms with van der Waals surface area (Å²) < 4.78 is 6.33. The van der Waals surface area contributed by atoms with Crippen molar-refractivity contribution in [3.05, 3.63) is 52.3 Å². The van der Waals surface area contributed by atoms with Gasteiger partial charge in [-0.05, 0) is 69.9 Å². The molecule has 1 N–H and O–H groups in total. The molecule has 5 heteroatoms. The van der Waals surface area contributed by atoms with E-state index in [1.807, 2.05) is 52.8 Å². The van der Waals surface area contributed by atoms with Gasteiger partial charge in [-0.1, -0.05) is 6.07 Å².